The number of carbonyl (C=O) groups is 1. The number of amides is 1. The number of allylic oxidation sites excluding steroid dienone is 1. The number of anilines is 1. The van der Waals surface area contributed by atoms with Crippen LogP contribution in [0.1, 0.15) is 30.6 Å². The van der Waals surface area contributed by atoms with Crippen LogP contribution in [0.2, 0.25) is 0 Å². The van der Waals surface area contributed by atoms with Crippen molar-refractivity contribution in [2.75, 3.05) is 26.0 Å². The zero-order chi connectivity index (χ0) is 27.4. The Morgan fingerprint density at radius 2 is 2.11 bits per heavy atom. The summed E-state index contributed by atoms with van der Waals surface area (Å²) in [6.07, 6.45) is 6.55. The van der Waals surface area contributed by atoms with Crippen molar-refractivity contribution in [1.82, 2.24) is 29.6 Å². The SMILES string of the molecule is C=CC(=O)NC[C@H](C/C(=C/C)COC)n1nc(C#Cc2c(F)cc3c(ncn3C)c2F)c2c(N)nccc21. The van der Waals surface area contributed by atoms with E-state index < -0.39 is 17.2 Å². The smallest absolute Gasteiger partial charge is 0.243 e. The number of aryl methyl sites for hydroxylation is 1. The standard InChI is InChI=1S/C27H27F2N7O2/c1-5-16(14-38-4)11-17(13-32-23(37)6-2)36-21-9-10-31-27(30)24(21)20(34-36)8-7-18-19(28)12-22-26(25(18)29)33-15-35(22)3/h5-6,9-10,12,15,17H,2,11,13-14H2,1,3-4H3,(H2,30,31)(H,32,37)/b16-5-/t17-/m0/s1. The Morgan fingerprint density at radius 3 is 2.82 bits per heavy atom. The Morgan fingerprint density at radius 1 is 1.32 bits per heavy atom. The highest BCUT2D eigenvalue weighted by Gasteiger charge is 2.22. The summed E-state index contributed by atoms with van der Waals surface area (Å²) in [5, 5.41) is 7.90. The normalized spacial score (nSPS) is 12.4. The monoisotopic (exact) mass is 519 g/mol. The number of nitrogen functional groups attached to an aromatic ring is 1. The van der Waals surface area contributed by atoms with Gasteiger partial charge in [-0.2, -0.15) is 5.10 Å². The number of pyridine rings is 1. The molecule has 3 N–H and O–H groups in total. The van der Waals surface area contributed by atoms with Crippen LogP contribution < -0.4 is 11.1 Å². The van der Waals surface area contributed by atoms with Crippen molar-refractivity contribution < 1.29 is 18.3 Å². The molecule has 0 bridgehead atoms. The Balaban J connectivity index is 1.84. The first kappa shape index (κ1) is 26.5. The van der Waals surface area contributed by atoms with Gasteiger partial charge in [-0.1, -0.05) is 18.6 Å². The fourth-order valence-electron chi connectivity index (χ4n) is 4.19. The summed E-state index contributed by atoms with van der Waals surface area (Å²) in [4.78, 5) is 20.1. The van der Waals surface area contributed by atoms with Crippen LogP contribution in [0.5, 0.6) is 0 Å². The van der Waals surface area contributed by atoms with Crippen LogP contribution in [0.3, 0.4) is 0 Å². The maximum absolute atomic E-state index is 15.1. The van der Waals surface area contributed by atoms with Gasteiger partial charge in [0.2, 0.25) is 5.91 Å². The van der Waals surface area contributed by atoms with Crippen molar-refractivity contribution in [2.45, 2.75) is 19.4 Å². The molecule has 4 rings (SSSR count). The molecule has 196 valence electrons. The van der Waals surface area contributed by atoms with Gasteiger partial charge in [-0.25, -0.2) is 18.7 Å². The Bertz CT molecular complexity index is 1630. The number of hydrogen-bond acceptors (Lipinski definition) is 6. The number of nitrogens with two attached hydrogens (primary N) is 1. The third-order valence-corrected chi connectivity index (χ3v) is 6.15. The van der Waals surface area contributed by atoms with E-state index >= 15 is 4.39 Å². The molecule has 38 heavy (non-hydrogen) atoms. The molecule has 9 nitrogen and oxygen atoms in total. The van der Waals surface area contributed by atoms with E-state index in [1.807, 2.05) is 13.0 Å². The molecule has 0 unspecified atom stereocenters. The number of halogens is 2. The van der Waals surface area contributed by atoms with Gasteiger partial charge in [-0.05, 0) is 37.0 Å². The van der Waals surface area contributed by atoms with Crippen LogP contribution in [0.4, 0.5) is 14.6 Å². The van der Waals surface area contributed by atoms with Crippen LogP contribution in [0, 0.1) is 23.5 Å². The number of benzene rings is 1. The Labute approximate surface area is 218 Å². The molecule has 1 aromatic carbocycles. The first-order valence-electron chi connectivity index (χ1n) is 11.8. The number of rotatable bonds is 8. The van der Waals surface area contributed by atoms with Crippen molar-refractivity contribution in [3.63, 3.8) is 0 Å². The van der Waals surface area contributed by atoms with Gasteiger partial charge in [0, 0.05) is 33.0 Å². The predicted octanol–water partition coefficient (Wildman–Crippen LogP) is 3.40. The van der Waals surface area contributed by atoms with Gasteiger partial charge in [-0.15, -0.1) is 0 Å². The van der Waals surface area contributed by atoms with Gasteiger partial charge in [0.25, 0.3) is 0 Å². The van der Waals surface area contributed by atoms with Gasteiger partial charge in [0.15, 0.2) is 5.82 Å². The number of aromatic nitrogens is 5. The molecule has 0 aliphatic carbocycles. The first-order chi connectivity index (χ1) is 18.3. The number of nitrogens with one attached hydrogen (secondary N) is 1. The van der Waals surface area contributed by atoms with Gasteiger partial charge < -0.3 is 20.4 Å². The Kier molecular flexibility index (Phi) is 7.83. The van der Waals surface area contributed by atoms with Crippen LogP contribution in [0.15, 0.2) is 49.0 Å². The fraction of sp³-hybridized carbons (Fsp3) is 0.259. The molecule has 4 aromatic rings. The molecule has 1 amide bonds. The molecule has 0 fully saturated rings. The number of carbonyl (C=O) groups excluding carboxylic acids is 1. The number of fused-ring (bicyclic) bond motifs is 2. The van der Waals surface area contributed by atoms with E-state index in [4.69, 9.17) is 10.5 Å². The summed E-state index contributed by atoms with van der Waals surface area (Å²) >= 11 is 0. The zero-order valence-corrected chi connectivity index (χ0v) is 21.3. The highest BCUT2D eigenvalue weighted by molar-refractivity contribution is 5.93. The number of hydrogen-bond donors (Lipinski definition) is 2. The summed E-state index contributed by atoms with van der Waals surface area (Å²) in [5.41, 5.74) is 7.88. The van der Waals surface area contributed by atoms with Crippen LogP contribution in [-0.4, -0.2) is 50.5 Å². The second kappa shape index (κ2) is 11.2. The van der Waals surface area contributed by atoms with Crippen molar-refractivity contribution in [3.05, 3.63) is 71.9 Å². The average Bonchev–Trinajstić information content (AvgIpc) is 3.46. The summed E-state index contributed by atoms with van der Waals surface area (Å²) in [6.45, 7) is 6.01. The molecule has 3 heterocycles. The lowest BCUT2D eigenvalue weighted by molar-refractivity contribution is -0.116. The number of ether oxygens (including phenoxy) is 1. The lowest BCUT2D eigenvalue weighted by Gasteiger charge is -2.20. The van der Waals surface area contributed by atoms with Crippen LogP contribution in [0.25, 0.3) is 21.9 Å². The van der Waals surface area contributed by atoms with Crippen molar-refractivity contribution in [2.24, 2.45) is 7.05 Å². The minimum absolute atomic E-state index is 0.0183. The van der Waals surface area contributed by atoms with Crippen LogP contribution >= 0.6 is 0 Å². The van der Waals surface area contributed by atoms with Gasteiger partial charge in [0.05, 0.1) is 41.0 Å². The second-order valence-electron chi connectivity index (χ2n) is 8.59. The summed E-state index contributed by atoms with van der Waals surface area (Å²) in [5.74, 6) is 3.52. The van der Waals surface area contributed by atoms with E-state index in [2.05, 4.69) is 38.8 Å². The maximum Gasteiger partial charge on any atom is 0.243 e. The third kappa shape index (κ3) is 5.12. The van der Waals surface area contributed by atoms with Crippen molar-refractivity contribution in [1.29, 1.82) is 0 Å². The molecule has 0 spiro atoms. The van der Waals surface area contributed by atoms with Crippen molar-refractivity contribution >= 4 is 33.7 Å². The van der Waals surface area contributed by atoms with Crippen LogP contribution in [-0.2, 0) is 16.6 Å². The number of methoxy groups -OCH3 is 1. The zero-order valence-electron chi connectivity index (χ0n) is 21.3. The topological polar surface area (TPSA) is 113 Å². The lowest BCUT2D eigenvalue weighted by atomic mass is 10.1. The summed E-state index contributed by atoms with van der Waals surface area (Å²) < 4.78 is 38.4. The molecule has 11 heteroatoms. The molecule has 0 radical (unpaired) electrons. The second-order valence-corrected chi connectivity index (χ2v) is 8.59. The molecular formula is C27H27F2N7O2. The highest BCUT2D eigenvalue weighted by Crippen LogP contribution is 2.28. The summed E-state index contributed by atoms with van der Waals surface area (Å²) in [6, 6.07) is 2.55. The minimum Gasteiger partial charge on any atom is -0.383 e. The lowest BCUT2D eigenvalue weighted by Crippen LogP contribution is -2.30. The predicted molar refractivity (Wildman–Crippen MR) is 141 cm³/mol. The largest absolute Gasteiger partial charge is 0.383 e. The van der Waals surface area contributed by atoms with Crippen molar-refractivity contribution in [3.8, 4) is 11.8 Å². The van der Waals surface area contributed by atoms with E-state index in [0.29, 0.717) is 29.4 Å². The van der Waals surface area contributed by atoms with E-state index in [1.54, 1.807) is 24.9 Å². The quantitative estimate of drug-likeness (QED) is 0.210. The molecule has 3 aromatic heterocycles. The first-order valence-corrected chi connectivity index (χ1v) is 11.8. The van der Waals surface area contributed by atoms with E-state index in [1.165, 1.54) is 29.2 Å². The number of nitrogens with zero attached hydrogens (tertiary/aromatic N) is 5. The Hall–Kier alpha value is -4.56. The molecule has 0 saturated heterocycles. The molecular weight excluding hydrogens is 492 g/mol. The average molecular weight is 520 g/mol. The van der Waals surface area contributed by atoms with Gasteiger partial charge in [-0.3, -0.25) is 9.48 Å². The third-order valence-electron chi connectivity index (χ3n) is 6.15. The summed E-state index contributed by atoms with van der Waals surface area (Å²) in [7, 11) is 3.25. The highest BCUT2D eigenvalue weighted by atomic mass is 19.1. The maximum atomic E-state index is 15.1. The van der Waals surface area contributed by atoms with E-state index in [0.717, 1.165) is 5.57 Å². The van der Waals surface area contributed by atoms with Gasteiger partial charge in [0.1, 0.15) is 22.8 Å². The van der Waals surface area contributed by atoms with Gasteiger partial charge >= 0.3 is 0 Å². The fourth-order valence-corrected chi connectivity index (χ4v) is 4.19. The molecule has 0 aliphatic rings. The number of imidazole rings is 1. The molecule has 1 atom stereocenters. The van der Waals surface area contributed by atoms with E-state index in [9.17, 15) is 9.18 Å². The molecule has 0 saturated carbocycles. The molecule has 0 aliphatic heterocycles. The minimum atomic E-state index is -0.856. The van der Waals surface area contributed by atoms with E-state index in [-0.39, 0.29) is 35.5 Å².